The third-order valence-electron chi connectivity index (χ3n) is 4.17. The number of anilines is 1. The summed E-state index contributed by atoms with van der Waals surface area (Å²) in [5.41, 5.74) is 2.06. The minimum Gasteiger partial charge on any atom is -0.493 e. The highest BCUT2D eigenvalue weighted by Gasteiger charge is 2.25. The number of benzene rings is 1. The Labute approximate surface area is 167 Å². The van der Waals surface area contributed by atoms with Crippen molar-refractivity contribution in [3.05, 3.63) is 48.3 Å². The van der Waals surface area contributed by atoms with Gasteiger partial charge in [0.05, 0.1) is 23.9 Å². The van der Waals surface area contributed by atoms with E-state index in [1.165, 1.54) is 24.0 Å². The number of carbonyl (C=O) groups is 1. The third kappa shape index (κ3) is 4.70. The van der Waals surface area contributed by atoms with Crippen LogP contribution in [0.1, 0.15) is 5.56 Å². The van der Waals surface area contributed by atoms with Crippen molar-refractivity contribution in [2.75, 3.05) is 31.4 Å². The predicted molar refractivity (Wildman–Crippen MR) is 111 cm³/mol. The average Bonchev–Trinajstić information content (AvgIpc) is 3.12. The summed E-state index contributed by atoms with van der Waals surface area (Å²) in [4.78, 5) is 22.3. The fourth-order valence-electron chi connectivity index (χ4n) is 2.59. The standard InChI is InChI=1S/C19H21N3O3S2/c1-22(16(12-26)18(23)24-2)19-21-15-4-3-14(11-17(15)27-19)25-10-7-13-5-8-20-9-6-13/h3-6,8-9,11,16,26H,7,10,12H2,1-2H3/t16-/m1/s1. The van der Waals surface area contributed by atoms with Gasteiger partial charge in [0.15, 0.2) is 5.13 Å². The maximum Gasteiger partial charge on any atom is 0.329 e. The Bertz CT molecular complexity index is 902. The number of aromatic nitrogens is 2. The largest absolute Gasteiger partial charge is 0.493 e. The van der Waals surface area contributed by atoms with Gasteiger partial charge in [-0.1, -0.05) is 11.3 Å². The van der Waals surface area contributed by atoms with Gasteiger partial charge in [0, 0.05) is 31.6 Å². The number of carbonyl (C=O) groups excluding carboxylic acids is 1. The summed E-state index contributed by atoms with van der Waals surface area (Å²) in [5.74, 6) is 0.822. The molecule has 3 aromatic rings. The van der Waals surface area contributed by atoms with Crippen molar-refractivity contribution in [1.29, 1.82) is 0 Å². The number of likely N-dealkylation sites (N-methyl/N-ethyl adjacent to an activating group) is 1. The fourth-order valence-corrected chi connectivity index (χ4v) is 3.99. The molecule has 0 radical (unpaired) electrons. The molecule has 1 atom stereocenters. The molecule has 1 aromatic carbocycles. The van der Waals surface area contributed by atoms with Crippen LogP contribution in [0.3, 0.4) is 0 Å². The zero-order valence-corrected chi connectivity index (χ0v) is 16.9. The monoisotopic (exact) mass is 403 g/mol. The Morgan fingerprint density at radius 3 is 2.78 bits per heavy atom. The second kappa shape index (κ2) is 9.05. The number of methoxy groups -OCH3 is 1. The van der Waals surface area contributed by atoms with E-state index >= 15 is 0 Å². The number of thiol groups is 1. The summed E-state index contributed by atoms with van der Waals surface area (Å²) in [6.07, 6.45) is 4.38. The number of esters is 1. The summed E-state index contributed by atoms with van der Waals surface area (Å²) in [6, 6.07) is 9.31. The molecule has 2 aromatic heterocycles. The Hall–Kier alpha value is -2.32. The highest BCUT2D eigenvalue weighted by Crippen LogP contribution is 2.32. The number of fused-ring (bicyclic) bond motifs is 1. The number of hydrogen-bond donors (Lipinski definition) is 1. The maximum absolute atomic E-state index is 11.9. The maximum atomic E-state index is 11.9. The van der Waals surface area contributed by atoms with Gasteiger partial charge < -0.3 is 14.4 Å². The first-order valence-corrected chi connectivity index (χ1v) is 9.91. The molecule has 2 heterocycles. The molecule has 0 amide bonds. The van der Waals surface area contributed by atoms with Crippen LogP contribution in [0.5, 0.6) is 5.75 Å². The van der Waals surface area contributed by atoms with E-state index in [9.17, 15) is 4.79 Å². The average molecular weight is 404 g/mol. The summed E-state index contributed by atoms with van der Waals surface area (Å²) in [5, 5.41) is 0.739. The lowest BCUT2D eigenvalue weighted by Crippen LogP contribution is -2.40. The molecule has 3 rings (SSSR count). The molecule has 0 aliphatic rings. The van der Waals surface area contributed by atoms with Crippen LogP contribution in [0, 0.1) is 0 Å². The van der Waals surface area contributed by atoms with Crippen molar-refractivity contribution >= 4 is 45.3 Å². The van der Waals surface area contributed by atoms with Crippen molar-refractivity contribution in [3.63, 3.8) is 0 Å². The van der Waals surface area contributed by atoms with Gasteiger partial charge in [0.1, 0.15) is 11.8 Å². The highest BCUT2D eigenvalue weighted by molar-refractivity contribution is 7.80. The molecule has 0 aliphatic carbocycles. The van der Waals surface area contributed by atoms with Gasteiger partial charge in [-0.2, -0.15) is 12.6 Å². The lowest BCUT2D eigenvalue weighted by atomic mass is 10.2. The van der Waals surface area contributed by atoms with Crippen LogP contribution in [-0.4, -0.2) is 48.5 Å². The molecule has 0 saturated heterocycles. The molecule has 0 spiro atoms. The SMILES string of the molecule is COC(=O)[C@@H](CS)N(C)c1nc2ccc(OCCc3ccncc3)cc2s1. The first-order valence-electron chi connectivity index (χ1n) is 8.46. The van der Waals surface area contributed by atoms with E-state index in [4.69, 9.17) is 9.47 Å². The van der Waals surface area contributed by atoms with Gasteiger partial charge in [-0.25, -0.2) is 9.78 Å². The minimum atomic E-state index is -0.477. The van der Waals surface area contributed by atoms with Crippen molar-refractivity contribution in [2.45, 2.75) is 12.5 Å². The van der Waals surface area contributed by atoms with E-state index in [2.05, 4.69) is 22.6 Å². The van der Waals surface area contributed by atoms with E-state index in [1.807, 2.05) is 37.4 Å². The second-order valence-corrected chi connectivity index (χ2v) is 7.29. The van der Waals surface area contributed by atoms with E-state index in [0.717, 1.165) is 27.5 Å². The lowest BCUT2D eigenvalue weighted by molar-refractivity contribution is -0.141. The molecule has 6 nitrogen and oxygen atoms in total. The van der Waals surface area contributed by atoms with Crippen LogP contribution in [0.15, 0.2) is 42.7 Å². The number of thiazole rings is 1. The van der Waals surface area contributed by atoms with E-state index in [0.29, 0.717) is 12.4 Å². The van der Waals surface area contributed by atoms with Gasteiger partial charge >= 0.3 is 5.97 Å². The van der Waals surface area contributed by atoms with Crippen molar-refractivity contribution in [2.24, 2.45) is 0 Å². The van der Waals surface area contributed by atoms with Crippen molar-refractivity contribution < 1.29 is 14.3 Å². The van der Waals surface area contributed by atoms with Crippen LogP contribution >= 0.6 is 24.0 Å². The van der Waals surface area contributed by atoms with Crippen LogP contribution in [0.2, 0.25) is 0 Å². The predicted octanol–water partition coefficient (Wildman–Crippen LogP) is 3.22. The topological polar surface area (TPSA) is 64.5 Å². The summed E-state index contributed by atoms with van der Waals surface area (Å²) < 4.78 is 11.7. The van der Waals surface area contributed by atoms with E-state index in [-0.39, 0.29) is 5.97 Å². The van der Waals surface area contributed by atoms with Crippen LogP contribution in [0.25, 0.3) is 10.2 Å². The number of hydrogen-bond acceptors (Lipinski definition) is 8. The summed E-state index contributed by atoms with van der Waals surface area (Å²) in [7, 11) is 3.20. The smallest absolute Gasteiger partial charge is 0.329 e. The normalized spacial score (nSPS) is 12.0. The molecule has 0 bridgehead atoms. The molecule has 8 heteroatoms. The van der Waals surface area contributed by atoms with Crippen LogP contribution < -0.4 is 9.64 Å². The van der Waals surface area contributed by atoms with Crippen LogP contribution in [-0.2, 0) is 16.0 Å². The summed E-state index contributed by atoms with van der Waals surface area (Å²) >= 11 is 5.76. The Balaban J connectivity index is 1.69. The molecule has 0 unspecified atom stereocenters. The van der Waals surface area contributed by atoms with E-state index < -0.39 is 6.04 Å². The molecule has 27 heavy (non-hydrogen) atoms. The molecule has 0 aliphatic heterocycles. The zero-order chi connectivity index (χ0) is 19.2. The quantitative estimate of drug-likeness (QED) is 0.460. The fraction of sp³-hybridized carbons (Fsp3) is 0.316. The summed E-state index contributed by atoms with van der Waals surface area (Å²) in [6.45, 7) is 0.588. The number of ether oxygens (including phenoxy) is 2. The Kier molecular flexibility index (Phi) is 6.52. The molecular formula is C19H21N3O3S2. The number of rotatable bonds is 8. The molecule has 0 N–H and O–H groups in total. The van der Waals surface area contributed by atoms with Gasteiger partial charge in [-0.3, -0.25) is 4.98 Å². The highest BCUT2D eigenvalue weighted by atomic mass is 32.1. The number of nitrogens with zero attached hydrogens (tertiary/aromatic N) is 3. The molecule has 0 saturated carbocycles. The Morgan fingerprint density at radius 1 is 1.30 bits per heavy atom. The molecule has 0 fully saturated rings. The molecule has 142 valence electrons. The Morgan fingerprint density at radius 2 is 2.07 bits per heavy atom. The first-order chi connectivity index (χ1) is 13.1. The van der Waals surface area contributed by atoms with Crippen LogP contribution in [0.4, 0.5) is 5.13 Å². The van der Waals surface area contributed by atoms with Crippen molar-refractivity contribution in [3.8, 4) is 5.75 Å². The van der Waals surface area contributed by atoms with Crippen molar-refractivity contribution in [1.82, 2.24) is 9.97 Å². The minimum absolute atomic E-state index is 0.327. The zero-order valence-electron chi connectivity index (χ0n) is 15.2. The van der Waals surface area contributed by atoms with Gasteiger partial charge in [0.2, 0.25) is 0 Å². The first kappa shape index (κ1) is 19.4. The van der Waals surface area contributed by atoms with Gasteiger partial charge in [-0.05, 0) is 35.9 Å². The molecular weight excluding hydrogens is 382 g/mol. The lowest BCUT2D eigenvalue weighted by Gasteiger charge is -2.23. The van der Waals surface area contributed by atoms with E-state index in [1.54, 1.807) is 17.3 Å². The second-order valence-electron chi connectivity index (χ2n) is 5.91. The van der Waals surface area contributed by atoms with Gasteiger partial charge in [-0.15, -0.1) is 0 Å². The van der Waals surface area contributed by atoms with Gasteiger partial charge in [0.25, 0.3) is 0 Å². The third-order valence-corrected chi connectivity index (χ3v) is 5.63. The number of pyridine rings is 1.